The van der Waals surface area contributed by atoms with Gasteiger partial charge in [-0.1, -0.05) is 0 Å². The maximum atomic E-state index is 0. The van der Waals surface area contributed by atoms with E-state index in [4.69, 9.17) is 0 Å². The molecule has 0 spiro atoms. The summed E-state index contributed by atoms with van der Waals surface area (Å²) in [5.41, 5.74) is 0. The Hall–Kier alpha value is 3.14. The second-order valence-electron chi connectivity index (χ2n) is 0. The van der Waals surface area contributed by atoms with E-state index in [1.165, 1.54) is 0 Å². The van der Waals surface area contributed by atoms with Crippen molar-refractivity contribution in [1.29, 1.82) is 0 Å². The minimum absolute atomic E-state index is 0. The summed E-state index contributed by atoms with van der Waals surface area (Å²) in [7, 11) is 0. The molecule has 5 heteroatoms. The SMILES string of the molecule is [AlH3].[LiH].[Mn].[NaH].[Ni]. The molecule has 0 amide bonds. The van der Waals surface area contributed by atoms with Gasteiger partial charge >= 0.3 is 48.4 Å². The molecule has 0 aliphatic carbocycles. The fraction of sp³-hybridized carbons (Fsp3) is 0. The molecule has 0 aromatic carbocycles. The molecular weight excluding hydrogens is 171 g/mol. The fourth-order valence-electron chi connectivity index (χ4n) is 0. The Morgan fingerprint density at radius 2 is 1.00 bits per heavy atom. The van der Waals surface area contributed by atoms with Crippen LogP contribution < -0.4 is 0 Å². The monoisotopic (exact) mass is 175 g/mol. The van der Waals surface area contributed by atoms with E-state index in [2.05, 4.69) is 0 Å². The van der Waals surface area contributed by atoms with Crippen molar-refractivity contribution < 1.29 is 33.6 Å². The molecule has 0 aliphatic rings. The molecule has 0 saturated carbocycles. The molecule has 0 aliphatic heterocycles. The molecular formula is H5AlLiMnNaNi. The minimum atomic E-state index is 0. The zero-order valence-electron chi connectivity index (χ0n) is 0.694. The van der Waals surface area contributed by atoms with Crippen LogP contribution in [-0.4, -0.2) is 65.8 Å². The van der Waals surface area contributed by atoms with Crippen molar-refractivity contribution >= 4 is 65.8 Å². The topological polar surface area (TPSA) is 0 Å². The molecule has 0 heterocycles. The molecule has 5 heavy (non-hydrogen) atoms. The van der Waals surface area contributed by atoms with Crippen molar-refractivity contribution in [3.63, 3.8) is 0 Å². The quantitative estimate of drug-likeness (QED) is 0.358. The third-order valence-electron chi connectivity index (χ3n) is 0. The zero-order valence-corrected chi connectivity index (χ0v) is 2.86. The van der Waals surface area contributed by atoms with Crippen molar-refractivity contribution in [3.8, 4) is 0 Å². The Bertz CT molecular complexity index is 11.6. The van der Waals surface area contributed by atoms with E-state index in [0.29, 0.717) is 0 Å². The van der Waals surface area contributed by atoms with Gasteiger partial charge in [0, 0.05) is 33.6 Å². The molecule has 0 aromatic rings. The summed E-state index contributed by atoms with van der Waals surface area (Å²) in [5.74, 6) is 0. The first-order valence-corrected chi connectivity index (χ1v) is 0. The molecule has 0 N–H and O–H groups in total. The van der Waals surface area contributed by atoms with Gasteiger partial charge in [-0.3, -0.25) is 0 Å². The summed E-state index contributed by atoms with van der Waals surface area (Å²) in [5, 5.41) is 0. The van der Waals surface area contributed by atoms with E-state index in [9.17, 15) is 0 Å². The summed E-state index contributed by atoms with van der Waals surface area (Å²) < 4.78 is 0. The van der Waals surface area contributed by atoms with Crippen molar-refractivity contribution in [2.45, 2.75) is 0 Å². The van der Waals surface area contributed by atoms with E-state index in [0.717, 1.165) is 0 Å². The summed E-state index contributed by atoms with van der Waals surface area (Å²) in [6, 6.07) is 0. The second kappa shape index (κ2) is 27.3. The largest absolute Gasteiger partial charge is 0 e. The summed E-state index contributed by atoms with van der Waals surface area (Å²) in [6.07, 6.45) is 0. The van der Waals surface area contributed by atoms with Crippen LogP contribution in [0.5, 0.6) is 0 Å². The zero-order chi connectivity index (χ0) is 0. The normalized spacial score (nSPS) is 0. The van der Waals surface area contributed by atoms with Crippen LogP contribution in [0.3, 0.4) is 0 Å². The maximum absolute atomic E-state index is 0. The molecule has 0 rings (SSSR count). The van der Waals surface area contributed by atoms with Gasteiger partial charge in [-0.05, 0) is 0 Å². The van der Waals surface area contributed by atoms with Gasteiger partial charge in [-0.2, -0.15) is 0 Å². The number of hydrogen-bond acceptors (Lipinski definition) is 0. The average molecular weight is 176 g/mol. The van der Waals surface area contributed by atoms with Crippen LogP contribution in [0.2, 0.25) is 0 Å². The van der Waals surface area contributed by atoms with E-state index in [1.807, 2.05) is 0 Å². The third-order valence-corrected chi connectivity index (χ3v) is 0. The molecule has 0 fully saturated rings. The molecule has 0 bridgehead atoms. The predicted octanol–water partition coefficient (Wildman–Crippen LogP) is -2.49. The average Bonchev–Trinajstić information content (AvgIpc) is 0. The standard InChI is InChI=1S/Al.Li.Mn.Na.Ni.5H. The molecule has 0 aromatic heterocycles. The second-order valence-corrected chi connectivity index (χ2v) is 0. The van der Waals surface area contributed by atoms with Gasteiger partial charge in [0.05, 0.1) is 0 Å². The first kappa shape index (κ1) is 42.1. The van der Waals surface area contributed by atoms with Crippen LogP contribution in [-0.2, 0) is 33.6 Å². The molecule has 0 atom stereocenters. The first-order chi connectivity index (χ1) is 0. The summed E-state index contributed by atoms with van der Waals surface area (Å²) >= 11 is 0. The Morgan fingerprint density at radius 3 is 1.00 bits per heavy atom. The van der Waals surface area contributed by atoms with Gasteiger partial charge in [0.2, 0.25) is 0 Å². The van der Waals surface area contributed by atoms with Crippen LogP contribution in [0, 0.1) is 0 Å². The van der Waals surface area contributed by atoms with Crippen molar-refractivity contribution in [2.24, 2.45) is 0 Å². The molecule has 1 radical (unpaired) electrons. The molecule has 0 unspecified atom stereocenters. The van der Waals surface area contributed by atoms with E-state index in [-0.39, 0.29) is 99.3 Å². The molecule has 0 nitrogen and oxygen atoms in total. The van der Waals surface area contributed by atoms with Crippen molar-refractivity contribution in [2.75, 3.05) is 0 Å². The van der Waals surface area contributed by atoms with E-state index >= 15 is 0 Å². The van der Waals surface area contributed by atoms with Gasteiger partial charge in [0.1, 0.15) is 0 Å². The number of rotatable bonds is 0. The Morgan fingerprint density at radius 1 is 1.00 bits per heavy atom. The smallest absolute Gasteiger partial charge is 0 e. The van der Waals surface area contributed by atoms with Crippen LogP contribution >= 0.6 is 0 Å². The Labute approximate surface area is 97.6 Å². The van der Waals surface area contributed by atoms with Crippen LogP contribution in [0.15, 0.2) is 0 Å². The maximum Gasteiger partial charge on any atom is 0 e. The van der Waals surface area contributed by atoms with Crippen molar-refractivity contribution in [1.82, 2.24) is 0 Å². The summed E-state index contributed by atoms with van der Waals surface area (Å²) in [6.45, 7) is 0. The van der Waals surface area contributed by atoms with Crippen molar-refractivity contribution in [3.05, 3.63) is 0 Å². The van der Waals surface area contributed by atoms with Gasteiger partial charge in [0.25, 0.3) is 0 Å². The van der Waals surface area contributed by atoms with E-state index < -0.39 is 0 Å². The molecule has 0 saturated heterocycles. The first-order valence-electron chi connectivity index (χ1n) is 0. The van der Waals surface area contributed by atoms with Gasteiger partial charge < -0.3 is 0 Å². The van der Waals surface area contributed by atoms with Crippen LogP contribution in [0.4, 0.5) is 0 Å². The van der Waals surface area contributed by atoms with Gasteiger partial charge in [-0.15, -0.1) is 0 Å². The van der Waals surface area contributed by atoms with E-state index in [1.54, 1.807) is 0 Å². The van der Waals surface area contributed by atoms with Gasteiger partial charge in [0.15, 0.2) is 17.4 Å². The minimum Gasteiger partial charge on any atom is 0 e. The Balaban J connectivity index is 0. The summed E-state index contributed by atoms with van der Waals surface area (Å²) in [4.78, 5) is 0. The van der Waals surface area contributed by atoms with Gasteiger partial charge in [-0.25, -0.2) is 0 Å². The number of hydrogen-bond donors (Lipinski definition) is 0. The predicted molar refractivity (Wildman–Crippen MR) is 24.2 cm³/mol. The Kier molecular flexibility index (Phi) is 230. The third kappa shape index (κ3) is 19.1. The van der Waals surface area contributed by atoms with Crippen LogP contribution in [0.25, 0.3) is 0 Å². The fourth-order valence-corrected chi connectivity index (χ4v) is 0. The molecule has 27 valence electrons. The van der Waals surface area contributed by atoms with Crippen LogP contribution in [0.1, 0.15) is 0 Å².